The number of rotatable bonds is 0. The smallest absolute Gasteiger partial charge is 0.357 e. The van der Waals surface area contributed by atoms with Crippen LogP contribution in [0.5, 0.6) is 0 Å². The molecule has 0 aliphatic heterocycles. The van der Waals surface area contributed by atoms with Crippen LogP contribution in [0.4, 0.5) is 4.79 Å². The number of carbonyl (C=O) groups is 1. The molecular weight excluding hydrogens is 72.0 g/mol. The van der Waals surface area contributed by atoms with E-state index in [0.717, 1.165) is 0 Å². The van der Waals surface area contributed by atoms with E-state index in [-0.39, 0.29) is 0 Å². The van der Waals surface area contributed by atoms with Crippen molar-refractivity contribution in [2.75, 3.05) is 0 Å². The van der Waals surface area contributed by atoms with E-state index in [1.807, 2.05) is 0 Å². The van der Waals surface area contributed by atoms with Crippen molar-refractivity contribution in [2.24, 2.45) is 11.6 Å². The normalized spacial score (nSPS) is 6.60. The van der Waals surface area contributed by atoms with Crippen LogP contribution >= 0.6 is 0 Å². The Morgan fingerprint density at radius 2 is 2.00 bits per heavy atom. The van der Waals surface area contributed by atoms with Gasteiger partial charge in [0.1, 0.15) is 0 Å². The first-order valence-electron chi connectivity index (χ1n) is 0.933. The van der Waals surface area contributed by atoms with Gasteiger partial charge in [0.25, 0.3) is 0 Å². The van der Waals surface area contributed by atoms with Crippen molar-refractivity contribution in [1.29, 1.82) is 0 Å². The van der Waals surface area contributed by atoms with Crippen molar-refractivity contribution >= 4 is 6.09 Å². The number of primary amides is 1. The Labute approximate surface area is 28.6 Å². The molecule has 0 aromatic carbocycles. The third-order valence-corrected chi connectivity index (χ3v) is 0.116. The van der Waals surface area contributed by atoms with E-state index in [1.165, 1.54) is 0 Å². The maximum atomic E-state index is 9.24. The fourth-order valence-corrected chi connectivity index (χ4v) is 0. The monoisotopic (exact) mass is 76.0 g/mol. The third-order valence-electron chi connectivity index (χ3n) is 0.116. The van der Waals surface area contributed by atoms with Crippen LogP contribution in [-0.4, -0.2) is 6.09 Å². The highest BCUT2D eigenvalue weighted by atomic mass is 16.7. The number of amides is 1. The fraction of sp³-hybridized carbons (Fsp3) is 0. The van der Waals surface area contributed by atoms with Gasteiger partial charge >= 0.3 is 6.09 Å². The molecule has 0 radical (unpaired) electrons. The average molecular weight is 76.1 g/mol. The molecular formula is CH4N2O2. The Balaban J connectivity index is 2.85. The summed E-state index contributed by atoms with van der Waals surface area (Å²) in [5, 5.41) is 0. The van der Waals surface area contributed by atoms with Gasteiger partial charge in [0, 0.05) is 0 Å². The summed E-state index contributed by atoms with van der Waals surface area (Å²) in [5.41, 5.74) is 4.31. The van der Waals surface area contributed by atoms with E-state index < -0.39 is 6.09 Å². The second kappa shape index (κ2) is 1.54. The van der Waals surface area contributed by atoms with Crippen LogP contribution in [0.1, 0.15) is 0 Å². The van der Waals surface area contributed by atoms with E-state index in [9.17, 15) is 4.79 Å². The third kappa shape index (κ3) is 3.23. The molecule has 0 unspecified atom stereocenters. The zero-order valence-electron chi connectivity index (χ0n) is 2.47. The van der Waals surface area contributed by atoms with Gasteiger partial charge in [-0.2, -0.15) is 5.90 Å². The van der Waals surface area contributed by atoms with Crippen molar-refractivity contribution < 1.29 is 9.63 Å². The highest BCUT2D eigenvalue weighted by molar-refractivity contribution is 5.63. The summed E-state index contributed by atoms with van der Waals surface area (Å²) < 4.78 is 0. The Kier molecular flexibility index (Phi) is 1.30. The summed E-state index contributed by atoms with van der Waals surface area (Å²) in [5.74, 6) is 4.20. The standard InChI is InChI=1S/CH4N2O2/c2-1(4)5-3/h3H2,(H2,2,4). The lowest BCUT2D eigenvalue weighted by Crippen LogP contribution is -2.16. The van der Waals surface area contributed by atoms with Gasteiger partial charge in [0.05, 0.1) is 0 Å². The predicted molar refractivity (Wildman–Crippen MR) is 14.9 cm³/mol. The second-order valence-electron chi connectivity index (χ2n) is 0.437. The molecule has 0 saturated carbocycles. The Hall–Kier alpha value is -0.770. The molecule has 0 aromatic rings. The fourth-order valence-electron chi connectivity index (χ4n) is 0. The van der Waals surface area contributed by atoms with Crippen LogP contribution in [0.2, 0.25) is 0 Å². The van der Waals surface area contributed by atoms with E-state index in [0.29, 0.717) is 0 Å². The topological polar surface area (TPSA) is 78.3 Å². The molecule has 5 heavy (non-hydrogen) atoms. The van der Waals surface area contributed by atoms with Crippen LogP contribution < -0.4 is 11.6 Å². The minimum Gasteiger partial charge on any atom is -0.357 e. The van der Waals surface area contributed by atoms with Gasteiger partial charge in [0.2, 0.25) is 0 Å². The Morgan fingerprint density at radius 3 is 2.00 bits per heavy atom. The lowest BCUT2D eigenvalue weighted by Gasteiger charge is -1.79. The van der Waals surface area contributed by atoms with Crippen LogP contribution in [0.3, 0.4) is 0 Å². The molecule has 0 aromatic heterocycles. The highest BCUT2D eigenvalue weighted by Crippen LogP contribution is 1.49. The first-order chi connectivity index (χ1) is 2.27. The van der Waals surface area contributed by atoms with Gasteiger partial charge in [-0.1, -0.05) is 0 Å². The molecule has 0 aliphatic carbocycles. The predicted octanol–water partition coefficient (Wildman–Crippen LogP) is -1.04. The summed E-state index contributed by atoms with van der Waals surface area (Å²) >= 11 is 0. The van der Waals surface area contributed by atoms with Crippen LogP contribution in [0, 0.1) is 0 Å². The molecule has 0 fully saturated rings. The molecule has 0 bridgehead atoms. The van der Waals surface area contributed by atoms with Gasteiger partial charge in [-0.15, -0.1) is 0 Å². The van der Waals surface area contributed by atoms with Gasteiger partial charge in [-0.3, -0.25) is 0 Å². The SMILES string of the molecule is NOC(N)=O. The maximum absolute atomic E-state index is 9.24. The lowest BCUT2D eigenvalue weighted by molar-refractivity contribution is 0.159. The van der Waals surface area contributed by atoms with E-state index in [1.54, 1.807) is 0 Å². The van der Waals surface area contributed by atoms with Gasteiger partial charge in [0.15, 0.2) is 0 Å². The molecule has 4 heteroatoms. The largest absolute Gasteiger partial charge is 0.423 e. The Morgan fingerprint density at radius 1 is 1.80 bits per heavy atom. The molecule has 4 N–H and O–H groups in total. The highest BCUT2D eigenvalue weighted by Gasteiger charge is 1.77. The first kappa shape index (κ1) is 4.23. The van der Waals surface area contributed by atoms with Gasteiger partial charge in [-0.25, -0.2) is 4.79 Å². The van der Waals surface area contributed by atoms with E-state index in [4.69, 9.17) is 0 Å². The number of nitrogens with two attached hydrogens (primary N) is 2. The van der Waals surface area contributed by atoms with Crippen molar-refractivity contribution in [2.45, 2.75) is 0 Å². The lowest BCUT2D eigenvalue weighted by atomic mass is 11.3. The van der Waals surface area contributed by atoms with E-state index in [2.05, 4.69) is 16.5 Å². The van der Waals surface area contributed by atoms with Gasteiger partial charge in [-0.05, 0) is 0 Å². The summed E-state index contributed by atoms with van der Waals surface area (Å²) in [6.45, 7) is 0. The summed E-state index contributed by atoms with van der Waals surface area (Å²) in [6, 6.07) is 0. The quantitative estimate of drug-likeness (QED) is 0.361. The molecule has 1 amide bonds. The minimum atomic E-state index is -0.968. The molecule has 4 nitrogen and oxygen atoms in total. The summed E-state index contributed by atoms with van der Waals surface area (Å²) in [7, 11) is 0. The number of hydrogen-bond acceptors (Lipinski definition) is 3. The van der Waals surface area contributed by atoms with Crippen LogP contribution in [0.25, 0.3) is 0 Å². The molecule has 0 saturated heterocycles. The van der Waals surface area contributed by atoms with Crippen LogP contribution in [-0.2, 0) is 4.84 Å². The molecule has 0 spiro atoms. The molecule has 30 valence electrons. The first-order valence-corrected chi connectivity index (χ1v) is 0.933. The Bertz CT molecular complexity index is 42.9. The van der Waals surface area contributed by atoms with Crippen LogP contribution in [0.15, 0.2) is 0 Å². The summed E-state index contributed by atoms with van der Waals surface area (Å²) in [4.78, 5) is 12.6. The maximum Gasteiger partial charge on any atom is 0.423 e. The number of hydrogen-bond donors (Lipinski definition) is 2. The van der Waals surface area contributed by atoms with Crippen molar-refractivity contribution in [3.8, 4) is 0 Å². The number of carbonyl (C=O) groups excluding carboxylic acids is 1. The van der Waals surface area contributed by atoms with Gasteiger partial charge < -0.3 is 10.6 Å². The zero-order chi connectivity index (χ0) is 4.28. The zero-order valence-corrected chi connectivity index (χ0v) is 2.47. The van der Waals surface area contributed by atoms with Crippen molar-refractivity contribution in [1.82, 2.24) is 0 Å². The van der Waals surface area contributed by atoms with Crippen molar-refractivity contribution in [3.05, 3.63) is 0 Å². The molecule has 0 heterocycles. The molecule has 0 rings (SSSR count). The minimum absolute atomic E-state index is 0.968. The second-order valence-corrected chi connectivity index (χ2v) is 0.437. The molecule has 0 atom stereocenters. The molecule has 0 aliphatic rings. The van der Waals surface area contributed by atoms with Crippen molar-refractivity contribution in [3.63, 3.8) is 0 Å². The average Bonchev–Trinajstić information content (AvgIpc) is 1.38. The van der Waals surface area contributed by atoms with E-state index >= 15 is 0 Å². The summed E-state index contributed by atoms with van der Waals surface area (Å²) in [6.07, 6.45) is -0.968.